The van der Waals surface area contributed by atoms with Crippen LogP contribution in [0.4, 0.5) is 0 Å². The maximum atomic E-state index is 11.8. The summed E-state index contributed by atoms with van der Waals surface area (Å²) >= 11 is 0. The minimum absolute atomic E-state index is 0.281. The van der Waals surface area contributed by atoms with Crippen LogP contribution in [0.5, 0.6) is 0 Å². The second-order valence-corrected chi connectivity index (χ2v) is 9.79. The molecule has 0 aliphatic rings. The molecule has 0 radical (unpaired) electrons. The monoisotopic (exact) mass is 449 g/mol. The summed E-state index contributed by atoms with van der Waals surface area (Å²) in [4.78, 5) is 22.4. The predicted molar refractivity (Wildman–Crippen MR) is 120 cm³/mol. The molecule has 0 aromatic rings. The molecule has 0 aliphatic heterocycles. The van der Waals surface area contributed by atoms with Gasteiger partial charge in [0.2, 0.25) is 5.91 Å². The first-order valence-corrected chi connectivity index (χ1v) is 13.2. The number of amides is 1. The van der Waals surface area contributed by atoms with Crippen molar-refractivity contribution in [2.75, 3.05) is 6.54 Å². The topological polar surface area (TPSA) is 121 Å². The summed E-state index contributed by atoms with van der Waals surface area (Å²) in [5.41, 5.74) is 0. The van der Waals surface area contributed by atoms with Gasteiger partial charge in [-0.1, -0.05) is 103 Å². The number of aliphatic carboxylic acids is 1. The summed E-state index contributed by atoms with van der Waals surface area (Å²) in [6, 6.07) is 0. The average molecular weight is 450 g/mol. The number of rotatable bonds is 21. The molecule has 1 atom stereocenters. The normalized spacial score (nSPS) is 12.6. The van der Waals surface area contributed by atoms with E-state index in [9.17, 15) is 18.0 Å². The van der Waals surface area contributed by atoms with Crippen LogP contribution in [0.1, 0.15) is 116 Å². The second-order valence-electron chi connectivity index (χ2n) is 8.20. The Morgan fingerprint density at radius 3 is 1.43 bits per heavy atom. The van der Waals surface area contributed by atoms with Gasteiger partial charge in [-0.25, -0.2) is 0 Å². The van der Waals surface area contributed by atoms with Crippen molar-refractivity contribution in [1.29, 1.82) is 0 Å². The zero-order valence-corrected chi connectivity index (χ0v) is 19.6. The van der Waals surface area contributed by atoms with Gasteiger partial charge in [-0.2, -0.15) is 8.42 Å². The van der Waals surface area contributed by atoms with Crippen LogP contribution >= 0.6 is 0 Å². The molecule has 0 aromatic heterocycles. The summed E-state index contributed by atoms with van der Waals surface area (Å²) in [6.07, 6.45) is 18.9. The van der Waals surface area contributed by atoms with Gasteiger partial charge >= 0.3 is 5.97 Å². The number of unbranched alkanes of at least 4 members (excludes halogenated alkanes) is 15. The smallest absolute Gasteiger partial charge is 0.305 e. The Kier molecular flexibility index (Phi) is 17.9. The van der Waals surface area contributed by atoms with Crippen LogP contribution in [-0.2, 0) is 19.7 Å². The van der Waals surface area contributed by atoms with Crippen molar-refractivity contribution in [2.45, 2.75) is 121 Å². The Bertz CT molecular complexity index is 550. The molecule has 0 bridgehead atoms. The molecule has 0 heterocycles. The number of carboxylic acid groups (broad SMARTS) is 1. The highest BCUT2D eigenvalue weighted by Crippen LogP contribution is 2.13. The Morgan fingerprint density at radius 2 is 1.10 bits per heavy atom. The van der Waals surface area contributed by atoms with Crippen LogP contribution in [-0.4, -0.2) is 41.7 Å². The molecule has 0 aromatic carbocycles. The molecule has 0 rings (SSSR count). The standard InChI is InChI=1S/C22H43NO6S/c1-2-3-4-5-6-7-8-9-10-11-12-13-14-15-16-17-18-23-22(26)20(19-21(24)25)30(27,28)29/h20H,2-19H2,1H3,(H,23,26)(H,24,25)(H,27,28,29). The van der Waals surface area contributed by atoms with Gasteiger partial charge < -0.3 is 10.4 Å². The first-order valence-electron chi connectivity index (χ1n) is 11.7. The largest absolute Gasteiger partial charge is 0.481 e. The summed E-state index contributed by atoms with van der Waals surface area (Å²) in [7, 11) is -4.73. The molecule has 0 saturated heterocycles. The highest BCUT2D eigenvalue weighted by Gasteiger charge is 2.33. The van der Waals surface area contributed by atoms with Gasteiger partial charge in [0.15, 0.2) is 5.25 Å². The fourth-order valence-electron chi connectivity index (χ4n) is 3.49. The van der Waals surface area contributed by atoms with Crippen LogP contribution in [0.25, 0.3) is 0 Å². The molecule has 0 saturated carbocycles. The lowest BCUT2D eigenvalue weighted by Crippen LogP contribution is -2.41. The first kappa shape index (κ1) is 28.9. The van der Waals surface area contributed by atoms with Crippen molar-refractivity contribution in [3.05, 3.63) is 0 Å². The van der Waals surface area contributed by atoms with E-state index in [1.54, 1.807) is 0 Å². The molecule has 178 valence electrons. The molecule has 3 N–H and O–H groups in total. The van der Waals surface area contributed by atoms with Gasteiger partial charge in [0, 0.05) is 6.54 Å². The molecule has 7 nitrogen and oxygen atoms in total. The number of hydrogen-bond acceptors (Lipinski definition) is 4. The van der Waals surface area contributed by atoms with Crippen LogP contribution in [0.3, 0.4) is 0 Å². The molecule has 1 unspecified atom stereocenters. The van der Waals surface area contributed by atoms with Gasteiger partial charge in [-0.05, 0) is 6.42 Å². The summed E-state index contributed by atoms with van der Waals surface area (Å²) in [5, 5.41) is 9.12. The van der Waals surface area contributed by atoms with Gasteiger partial charge in [0.1, 0.15) is 0 Å². The third-order valence-corrected chi connectivity index (χ3v) is 6.44. The van der Waals surface area contributed by atoms with E-state index in [-0.39, 0.29) is 6.54 Å². The summed E-state index contributed by atoms with van der Waals surface area (Å²) < 4.78 is 31.2. The molecular weight excluding hydrogens is 406 g/mol. The number of nitrogens with one attached hydrogen (secondary N) is 1. The van der Waals surface area contributed by atoms with Gasteiger partial charge in [-0.15, -0.1) is 0 Å². The number of carbonyl (C=O) groups is 2. The van der Waals surface area contributed by atoms with Crippen molar-refractivity contribution in [3.63, 3.8) is 0 Å². The highest BCUT2D eigenvalue weighted by molar-refractivity contribution is 7.87. The van der Waals surface area contributed by atoms with E-state index in [2.05, 4.69) is 12.2 Å². The zero-order valence-electron chi connectivity index (χ0n) is 18.7. The predicted octanol–water partition coefficient (Wildman–Crippen LogP) is 5.10. The third kappa shape index (κ3) is 17.7. The molecule has 0 aliphatic carbocycles. The Balaban J connectivity index is 3.49. The fourth-order valence-corrected chi connectivity index (χ4v) is 4.20. The van der Waals surface area contributed by atoms with E-state index in [0.29, 0.717) is 6.42 Å². The lowest BCUT2D eigenvalue weighted by atomic mass is 10.0. The molecule has 0 spiro atoms. The minimum Gasteiger partial charge on any atom is -0.481 e. The van der Waals surface area contributed by atoms with Crippen molar-refractivity contribution < 1.29 is 27.7 Å². The van der Waals surface area contributed by atoms with Gasteiger partial charge in [0.05, 0.1) is 6.42 Å². The second kappa shape index (κ2) is 18.6. The van der Waals surface area contributed by atoms with E-state index >= 15 is 0 Å². The lowest BCUT2D eigenvalue weighted by molar-refractivity contribution is -0.138. The van der Waals surface area contributed by atoms with Gasteiger partial charge in [-0.3, -0.25) is 14.1 Å². The highest BCUT2D eigenvalue weighted by atomic mass is 32.2. The SMILES string of the molecule is CCCCCCCCCCCCCCCCCCNC(=O)C(CC(=O)O)S(=O)(=O)O. The van der Waals surface area contributed by atoms with Gasteiger partial charge in [0.25, 0.3) is 10.1 Å². The number of hydrogen-bond donors (Lipinski definition) is 3. The van der Waals surface area contributed by atoms with E-state index < -0.39 is 33.7 Å². The molecular formula is C22H43NO6S. The summed E-state index contributed by atoms with van der Waals surface area (Å²) in [5.74, 6) is -2.41. The maximum Gasteiger partial charge on any atom is 0.305 e. The Labute approximate surface area is 183 Å². The lowest BCUT2D eigenvalue weighted by Gasteiger charge is -2.12. The molecule has 0 fully saturated rings. The first-order chi connectivity index (χ1) is 14.3. The van der Waals surface area contributed by atoms with E-state index in [0.717, 1.165) is 19.3 Å². The van der Waals surface area contributed by atoms with Crippen LogP contribution in [0.15, 0.2) is 0 Å². The molecule has 1 amide bonds. The van der Waals surface area contributed by atoms with Crippen molar-refractivity contribution in [3.8, 4) is 0 Å². The maximum absolute atomic E-state index is 11.8. The van der Waals surface area contributed by atoms with Crippen LogP contribution in [0.2, 0.25) is 0 Å². The van der Waals surface area contributed by atoms with Crippen molar-refractivity contribution >= 4 is 22.0 Å². The zero-order chi connectivity index (χ0) is 22.7. The number of carbonyl (C=O) groups excluding carboxylic acids is 1. The quantitative estimate of drug-likeness (QED) is 0.166. The Morgan fingerprint density at radius 1 is 0.733 bits per heavy atom. The van der Waals surface area contributed by atoms with Crippen molar-refractivity contribution in [2.24, 2.45) is 0 Å². The molecule has 30 heavy (non-hydrogen) atoms. The van der Waals surface area contributed by atoms with E-state index in [1.165, 1.54) is 77.0 Å². The number of carboxylic acids is 1. The third-order valence-electron chi connectivity index (χ3n) is 5.34. The Hall–Kier alpha value is -1.15. The van der Waals surface area contributed by atoms with Crippen LogP contribution < -0.4 is 5.32 Å². The average Bonchev–Trinajstić information content (AvgIpc) is 2.67. The molecule has 8 heteroatoms. The van der Waals surface area contributed by atoms with Crippen molar-refractivity contribution in [1.82, 2.24) is 5.32 Å². The summed E-state index contributed by atoms with van der Waals surface area (Å²) in [6.45, 7) is 2.53. The van der Waals surface area contributed by atoms with Crippen LogP contribution in [0, 0.1) is 0 Å². The van der Waals surface area contributed by atoms with E-state index in [1.807, 2.05) is 0 Å². The van der Waals surface area contributed by atoms with E-state index in [4.69, 9.17) is 9.66 Å². The minimum atomic E-state index is -4.73. The fraction of sp³-hybridized carbons (Fsp3) is 0.909.